The molecule has 1 aliphatic rings. The third-order valence-corrected chi connectivity index (χ3v) is 5.32. The number of carbonyl (C=O) groups is 1. The van der Waals surface area contributed by atoms with Gasteiger partial charge in [0.15, 0.2) is 0 Å². The van der Waals surface area contributed by atoms with Crippen LogP contribution in [0.25, 0.3) is 6.08 Å². The van der Waals surface area contributed by atoms with E-state index in [4.69, 9.17) is 34.8 Å². The van der Waals surface area contributed by atoms with Gasteiger partial charge in [0.1, 0.15) is 11.5 Å². The fourth-order valence-electron chi connectivity index (χ4n) is 3.01. The van der Waals surface area contributed by atoms with Crippen molar-refractivity contribution in [2.75, 3.05) is 4.90 Å². The van der Waals surface area contributed by atoms with Gasteiger partial charge >= 0.3 is 0 Å². The summed E-state index contributed by atoms with van der Waals surface area (Å²) >= 11 is 18.3. The third kappa shape index (κ3) is 4.08. The van der Waals surface area contributed by atoms with Crippen LogP contribution in [0.3, 0.4) is 0 Å². The molecule has 0 spiro atoms. The van der Waals surface area contributed by atoms with Gasteiger partial charge in [-0.15, -0.1) is 0 Å². The van der Waals surface area contributed by atoms with Gasteiger partial charge in [-0.3, -0.25) is 9.69 Å². The van der Waals surface area contributed by atoms with Crippen molar-refractivity contribution in [3.63, 3.8) is 0 Å². The molecule has 0 fully saturated rings. The molecule has 0 aliphatic carbocycles. The Kier molecular flexibility index (Phi) is 5.46. The Bertz CT molecular complexity index is 1150. The van der Waals surface area contributed by atoms with E-state index in [-0.39, 0.29) is 5.91 Å². The number of carbonyl (C=O) groups excluding carboxylic acids is 1. The Morgan fingerprint density at radius 3 is 2.17 bits per heavy atom. The first-order chi connectivity index (χ1) is 13.9. The van der Waals surface area contributed by atoms with Crippen LogP contribution < -0.4 is 4.90 Å². The van der Waals surface area contributed by atoms with Crippen molar-refractivity contribution in [2.45, 2.75) is 6.92 Å². The van der Waals surface area contributed by atoms with Gasteiger partial charge in [0.25, 0.3) is 5.91 Å². The zero-order chi connectivity index (χ0) is 20.5. The van der Waals surface area contributed by atoms with E-state index in [9.17, 15) is 4.79 Å². The van der Waals surface area contributed by atoms with Crippen molar-refractivity contribution in [2.24, 2.45) is 4.99 Å². The molecule has 0 N–H and O–H groups in total. The minimum atomic E-state index is -0.232. The molecule has 1 heterocycles. The highest BCUT2D eigenvalue weighted by Gasteiger charge is 2.32. The highest BCUT2D eigenvalue weighted by molar-refractivity contribution is 6.36. The molecule has 3 nitrogen and oxygen atoms in total. The second-order valence-corrected chi connectivity index (χ2v) is 7.89. The zero-order valence-corrected chi connectivity index (χ0v) is 17.6. The maximum Gasteiger partial charge on any atom is 0.282 e. The maximum atomic E-state index is 13.3. The number of benzene rings is 3. The summed E-state index contributed by atoms with van der Waals surface area (Å²) in [7, 11) is 0. The van der Waals surface area contributed by atoms with Crippen molar-refractivity contribution in [1.29, 1.82) is 0 Å². The number of rotatable bonds is 3. The average molecular weight is 442 g/mol. The molecule has 144 valence electrons. The van der Waals surface area contributed by atoms with Crippen LogP contribution in [0.2, 0.25) is 15.1 Å². The Morgan fingerprint density at radius 2 is 1.52 bits per heavy atom. The number of anilines is 1. The number of halogens is 3. The van der Waals surface area contributed by atoms with Crippen LogP contribution in [0.5, 0.6) is 0 Å². The summed E-state index contributed by atoms with van der Waals surface area (Å²) in [4.78, 5) is 19.5. The molecule has 0 aromatic heterocycles. The first kappa shape index (κ1) is 19.7. The Labute approximate surface area is 183 Å². The smallest absolute Gasteiger partial charge is 0.266 e. The summed E-state index contributed by atoms with van der Waals surface area (Å²) in [5, 5.41) is 1.60. The summed E-state index contributed by atoms with van der Waals surface area (Å²) in [6, 6.07) is 20.1. The molecule has 3 aromatic rings. The minimum Gasteiger partial charge on any atom is -0.266 e. The van der Waals surface area contributed by atoms with Gasteiger partial charge in [0, 0.05) is 20.6 Å². The molecule has 0 atom stereocenters. The molecule has 1 amide bonds. The number of nitrogens with zero attached hydrogens (tertiary/aromatic N) is 2. The highest BCUT2D eigenvalue weighted by atomic mass is 35.5. The molecular weight excluding hydrogens is 427 g/mol. The van der Waals surface area contributed by atoms with Crippen LogP contribution in [0.15, 0.2) is 77.4 Å². The van der Waals surface area contributed by atoms with Crippen molar-refractivity contribution in [3.8, 4) is 0 Å². The van der Waals surface area contributed by atoms with Crippen LogP contribution in [0.4, 0.5) is 5.69 Å². The summed E-state index contributed by atoms with van der Waals surface area (Å²) in [6.07, 6.45) is 1.67. The van der Waals surface area contributed by atoms with Gasteiger partial charge < -0.3 is 0 Å². The van der Waals surface area contributed by atoms with E-state index in [1.165, 1.54) is 0 Å². The van der Waals surface area contributed by atoms with Crippen molar-refractivity contribution in [3.05, 3.63) is 104 Å². The van der Waals surface area contributed by atoms with E-state index in [2.05, 4.69) is 4.99 Å². The average Bonchev–Trinajstić information content (AvgIpc) is 3.01. The molecule has 0 radical (unpaired) electrons. The first-order valence-electron chi connectivity index (χ1n) is 8.85. The number of aliphatic imine (C=N–C) groups is 1. The predicted molar refractivity (Wildman–Crippen MR) is 121 cm³/mol. The predicted octanol–water partition coefficient (Wildman–Crippen LogP) is 6.79. The number of hydrogen-bond donors (Lipinski definition) is 0. The lowest BCUT2D eigenvalue weighted by Crippen LogP contribution is -2.32. The van der Waals surface area contributed by atoms with Gasteiger partial charge in [-0.25, -0.2) is 4.99 Å². The second-order valence-electron chi connectivity index (χ2n) is 6.61. The number of hydrogen-bond acceptors (Lipinski definition) is 2. The summed E-state index contributed by atoms with van der Waals surface area (Å²) in [5.74, 6) is 0.302. The second kappa shape index (κ2) is 8.03. The molecular formula is C23H15Cl3N2O. The van der Waals surface area contributed by atoms with Gasteiger partial charge in [0.2, 0.25) is 0 Å². The van der Waals surface area contributed by atoms with Gasteiger partial charge in [-0.2, -0.15) is 0 Å². The van der Waals surface area contributed by atoms with Crippen LogP contribution in [0.1, 0.15) is 16.7 Å². The molecule has 0 unspecified atom stereocenters. The van der Waals surface area contributed by atoms with Gasteiger partial charge in [-0.05, 0) is 67.1 Å². The fraction of sp³-hybridized carbons (Fsp3) is 0.0435. The molecule has 4 rings (SSSR count). The monoisotopic (exact) mass is 440 g/mol. The molecule has 0 saturated carbocycles. The Morgan fingerprint density at radius 1 is 0.862 bits per heavy atom. The van der Waals surface area contributed by atoms with E-state index in [1.807, 2.05) is 43.3 Å². The summed E-state index contributed by atoms with van der Waals surface area (Å²) in [6.45, 7) is 2.00. The highest BCUT2D eigenvalue weighted by Crippen LogP contribution is 2.30. The number of aryl methyl sites for hydroxylation is 1. The minimum absolute atomic E-state index is 0.232. The number of amidine groups is 1. The summed E-state index contributed by atoms with van der Waals surface area (Å²) in [5.41, 5.74) is 3.59. The molecule has 1 aliphatic heterocycles. The van der Waals surface area contributed by atoms with Gasteiger partial charge in [0.05, 0.1) is 5.69 Å². The molecule has 3 aromatic carbocycles. The van der Waals surface area contributed by atoms with Crippen molar-refractivity contribution < 1.29 is 4.79 Å². The lowest BCUT2D eigenvalue weighted by Gasteiger charge is -2.18. The van der Waals surface area contributed by atoms with E-state index in [0.29, 0.717) is 32.2 Å². The van der Waals surface area contributed by atoms with Crippen LogP contribution >= 0.6 is 34.8 Å². The van der Waals surface area contributed by atoms with E-state index >= 15 is 0 Å². The van der Waals surface area contributed by atoms with Crippen molar-refractivity contribution >= 4 is 58.3 Å². The van der Waals surface area contributed by atoms with Gasteiger partial charge in [-0.1, -0.05) is 58.6 Å². The lowest BCUT2D eigenvalue weighted by atomic mass is 10.1. The molecule has 0 saturated heterocycles. The van der Waals surface area contributed by atoms with Crippen LogP contribution in [0, 0.1) is 6.92 Å². The number of amides is 1. The van der Waals surface area contributed by atoms with E-state index < -0.39 is 0 Å². The van der Waals surface area contributed by atoms with Crippen LogP contribution in [-0.4, -0.2) is 11.7 Å². The van der Waals surface area contributed by atoms with Crippen molar-refractivity contribution in [1.82, 2.24) is 0 Å². The standard InChI is InChI=1S/C23H15Cl3N2O/c1-14-2-10-19(11-3-14)28-22(15-4-7-17(24)8-5-15)27-21(23(28)29)12-16-6-9-18(25)13-20(16)26/h2-13H,1H3/b21-12+. The largest absolute Gasteiger partial charge is 0.282 e. The van der Waals surface area contributed by atoms with E-state index in [1.54, 1.807) is 41.3 Å². The van der Waals surface area contributed by atoms with Crippen LogP contribution in [-0.2, 0) is 4.79 Å². The SMILES string of the molecule is Cc1ccc(N2C(=O)/C(=C\c3ccc(Cl)cc3Cl)N=C2c2ccc(Cl)cc2)cc1. The molecule has 0 bridgehead atoms. The Balaban J connectivity index is 1.83. The zero-order valence-electron chi connectivity index (χ0n) is 15.4. The quantitative estimate of drug-likeness (QED) is 0.412. The van der Waals surface area contributed by atoms with E-state index in [0.717, 1.165) is 16.8 Å². The maximum absolute atomic E-state index is 13.3. The first-order valence-corrected chi connectivity index (χ1v) is 9.98. The summed E-state index contributed by atoms with van der Waals surface area (Å²) < 4.78 is 0. The molecule has 29 heavy (non-hydrogen) atoms. The Hall–Kier alpha value is -2.59. The lowest BCUT2D eigenvalue weighted by molar-refractivity contribution is -0.113. The fourth-order valence-corrected chi connectivity index (χ4v) is 3.60. The normalized spacial score (nSPS) is 15.2. The molecule has 6 heteroatoms. The topological polar surface area (TPSA) is 32.7 Å². The third-order valence-electron chi connectivity index (χ3n) is 4.51.